The number of hydrogen-bond acceptors (Lipinski definition) is 4. The quantitative estimate of drug-likeness (QED) is 0.934. The van der Waals surface area contributed by atoms with Crippen LogP contribution in [0.2, 0.25) is 5.02 Å². The number of ether oxygens (including phenoxy) is 1. The number of methoxy groups -OCH3 is 1. The third-order valence-corrected chi connectivity index (χ3v) is 2.99. The molecular formula is C14H15ClN2O2. The van der Waals surface area contributed by atoms with Crippen LogP contribution < -0.4 is 4.74 Å². The summed E-state index contributed by atoms with van der Waals surface area (Å²) >= 11 is 5.96. The molecule has 2 aromatic rings. The molecule has 0 saturated carbocycles. The maximum Gasteiger partial charge on any atom is 0.157 e. The van der Waals surface area contributed by atoms with E-state index >= 15 is 0 Å². The molecular weight excluding hydrogens is 264 g/mol. The zero-order valence-corrected chi connectivity index (χ0v) is 11.6. The molecule has 5 heteroatoms. The monoisotopic (exact) mass is 278 g/mol. The summed E-state index contributed by atoms with van der Waals surface area (Å²) in [5, 5.41) is 10.8. The molecule has 1 aromatic carbocycles. The molecule has 1 aromatic heterocycles. The standard InChI is InChI=1S/C14H15ClN2O2/c1-9-7-16-14(17-8-9)12(18)6-10-5-11(15)3-4-13(10)19-2/h3-5,7-8,12,18H,6H2,1-2H3. The van der Waals surface area contributed by atoms with E-state index in [1.165, 1.54) is 0 Å². The number of aryl methyl sites for hydroxylation is 1. The van der Waals surface area contributed by atoms with Crippen LogP contribution in [0.5, 0.6) is 5.75 Å². The summed E-state index contributed by atoms with van der Waals surface area (Å²) in [6.45, 7) is 1.90. The van der Waals surface area contributed by atoms with Crippen molar-refractivity contribution >= 4 is 11.6 Å². The molecule has 100 valence electrons. The molecule has 1 N–H and O–H groups in total. The van der Waals surface area contributed by atoms with Crippen molar-refractivity contribution in [2.75, 3.05) is 7.11 Å². The molecule has 0 bridgehead atoms. The molecule has 1 atom stereocenters. The fourth-order valence-electron chi connectivity index (χ4n) is 1.78. The fraction of sp³-hybridized carbons (Fsp3) is 0.286. The summed E-state index contributed by atoms with van der Waals surface area (Å²) in [6, 6.07) is 5.30. The first-order chi connectivity index (χ1) is 9.10. The van der Waals surface area contributed by atoms with Gasteiger partial charge in [-0.1, -0.05) is 11.6 Å². The minimum atomic E-state index is -0.784. The van der Waals surface area contributed by atoms with Gasteiger partial charge in [0.25, 0.3) is 0 Å². The smallest absolute Gasteiger partial charge is 0.157 e. The third-order valence-electron chi connectivity index (χ3n) is 2.75. The summed E-state index contributed by atoms with van der Waals surface area (Å²) in [5.41, 5.74) is 1.78. The normalized spacial score (nSPS) is 12.2. The number of aromatic nitrogens is 2. The molecule has 0 aliphatic rings. The van der Waals surface area contributed by atoms with E-state index in [2.05, 4.69) is 9.97 Å². The number of halogens is 1. The van der Waals surface area contributed by atoms with Crippen LogP contribution in [0.3, 0.4) is 0 Å². The van der Waals surface area contributed by atoms with Crippen molar-refractivity contribution in [1.29, 1.82) is 0 Å². The Balaban J connectivity index is 2.20. The second-order valence-electron chi connectivity index (χ2n) is 4.29. The zero-order valence-electron chi connectivity index (χ0n) is 10.8. The lowest BCUT2D eigenvalue weighted by Crippen LogP contribution is -2.07. The van der Waals surface area contributed by atoms with Crippen molar-refractivity contribution in [1.82, 2.24) is 9.97 Å². The lowest BCUT2D eigenvalue weighted by molar-refractivity contribution is 0.167. The van der Waals surface area contributed by atoms with E-state index in [0.717, 1.165) is 11.1 Å². The van der Waals surface area contributed by atoms with E-state index in [9.17, 15) is 5.11 Å². The maximum absolute atomic E-state index is 10.2. The lowest BCUT2D eigenvalue weighted by Gasteiger charge is -2.13. The number of aliphatic hydroxyl groups excluding tert-OH is 1. The van der Waals surface area contributed by atoms with Crippen molar-refractivity contribution in [2.45, 2.75) is 19.4 Å². The summed E-state index contributed by atoms with van der Waals surface area (Å²) in [6.07, 6.45) is 2.93. The number of hydrogen-bond donors (Lipinski definition) is 1. The van der Waals surface area contributed by atoms with Gasteiger partial charge in [0.15, 0.2) is 5.82 Å². The van der Waals surface area contributed by atoms with Crippen LogP contribution >= 0.6 is 11.6 Å². The van der Waals surface area contributed by atoms with Gasteiger partial charge in [-0.15, -0.1) is 0 Å². The molecule has 0 aliphatic heterocycles. The number of benzene rings is 1. The minimum Gasteiger partial charge on any atom is -0.496 e. The molecule has 19 heavy (non-hydrogen) atoms. The van der Waals surface area contributed by atoms with E-state index < -0.39 is 6.10 Å². The van der Waals surface area contributed by atoms with Gasteiger partial charge in [0, 0.05) is 23.8 Å². The number of nitrogens with zero attached hydrogens (tertiary/aromatic N) is 2. The first-order valence-corrected chi connectivity index (χ1v) is 6.27. The Labute approximate surface area is 117 Å². The molecule has 0 radical (unpaired) electrons. The largest absolute Gasteiger partial charge is 0.496 e. The van der Waals surface area contributed by atoms with Crippen LogP contribution in [0.4, 0.5) is 0 Å². The number of rotatable bonds is 4. The predicted octanol–water partition coefficient (Wildman–Crippen LogP) is 2.72. The van der Waals surface area contributed by atoms with Crippen molar-refractivity contribution < 1.29 is 9.84 Å². The first-order valence-electron chi connectivity index (χ1n) is 5.89. The SMILES string of the molecule is COc1ccc(Cl)cc1CC(O)c1ncc(C)cn1. The van der Waals surface area contributed by atoms with Gasteiger partial charge in [0.2, 0.25) is 0 Å². The molecule has 0 amide bonds. The Bertz CT molecular complexity index is 558. The molecule has 1 unspecified atom stereocenters. The highest BCUT2D eigenvalue weighted by molar-refractivity contribution is 6.30. The van der Waals surface area contributed by atoms with Gasteiger partial charge in [-0.3, -0.25) is 0 Å². The van der Waals surface area contributed by atoms with Crippen LogP contribution in [-0.2, 0) is 6.42 Å². The summed E-state index contributed by atoms with van der Waals surface area (Å²) in [7, 11) is 1.58. The van der Waals surface area contributed by atoms with Crippen molar-refractivity contribution in [3.63, 3.8) is 0 Å². The lowest BCUT2D eigenvalue weighted by atomic mass is 10.1. The van der Waals surface area contributed by atoms with Crippen LogP contribution in [0.15, 0.2) is 30.6 Å². The zero-order chi connectivity index (χ0) is 13.8. The second-order valence-corrected chi connectivity index (χ2v) is 4.73. The summed E-state index contributed by atoms with van der Waals surface area (Å²) < 4.78 is 5.25. The minimum absolute atomic E-state index is 0.354. The topological polar surface area (TPSA) is 55.2 Å². The van der Waals surface area contributed by atoms with Crippen molar-refractivity contribution in [3.05, 3.63) is 52.6 Å². The van der Waals surface area contributed by atoms with Gasteiger partial charge in [-0.25, -0.2) is 9.97 Å². The Morgan fingerprint density at radius 1 is 1.32 bits per heavy atom. The van der Waals surface area contributed by atoms with Crippen LogP contribution in [-0.4, -0.2) is 22.2 Å². The van der Waals surface area contributed by atoms with Gasteiger partial charge in [-0.05, 0) is 36.2 Å². The molecule has 0 fully saturated rings. The fourth-order valence-corrected chi connectivity index (χ4v) is 1.98. The maximum atomic E-state index is 10.2. The van der Waals surface area contributed by atoms with Crippen LogP contribution in [0.1, 0.15) is 23.1 Å². The average molecular weight is 279 g/mol. The highest BCUT2D eigenvalue weighted by Gasteiger charge is 2.14. The predicted molar refractivity (Wildman–Crippen MR) is 73.4 cm³/mol. The highest BCUT2D eigenvalue weighted by atomic mass is 35.5. The van der Waals surface area contributed by atoms with E-state index in [1.807, 2.05) is 6.92 Å². The summed E-state index contributed by atoms with van der Waals surface area (Å²) in [4.78, 5) is 8.23. The Kier molecular flexibility index (Phi) is 4.35. The summed E-state index contributed by atoms with van der Waals surface area (Å²) in [5.74, 6) is 1.09. The molecule has 0 saturated heterocycles. The van der Waals surface area contributed by atoms with Gasteiger partial charge >= 0.3 is 0 Å². The van der Waals surface area contributed by atoms with E-state index in [4.69, 9.17) is 16.3 Å². The first kappa shape index (κ1) is 13.8. The molecule has 4 nitrogen and oxygen atoms in total. The van der Waals surface area contributed by atoms with Gasteiger partial charge in [0.05, 0.1) is 7.11 Å². The van der Waals surface area contributed by atoms with E-state index in [-0.39, 0.29) is 0 Å². The molecule has 0 spiro atoms. The molecule has 0 aliphatic carbocycles. The van der Waals surface area contributed by atoms with Gasteiger partial charge in [-0.2, -0.15) is 0 Å². The van der Waals surface area contributed by atoms with E-state index in [0.29, 0.717) is 23.0 Å². The van der Waals surface area contributed by atoms with E-state index in [1.54, 1.807) is 37.7 Å². The average Bonchev–Trinajstić information content (AvgIpc) is 2.39. The molecule has 2 rings (SSSR count). The molecule has 1 heterocycles. The Hall–Kier alpha value is -1.65. The number of aliphatic hydroxyl groups is 1. The van der Waals surface area contributed by atoms with Crippen LogP contribution in [0.25, 0.3) is 0 Å². The van der Waals surface area contributed by atoms with Crippen LogP contribution in [0, 0.1) is 6.92 Å². The second kappa shape index (κ2) is 5.99. The van der Waals surface area contributed by atoms with Gasteiger partial charge in [0.1, 0.15) is 11.9 Å². The Morgan fingerprint density at radius 3 is 2.63 bits per heavy atom. The van der Waals surface area contributed by atoms with Crippen molar-refractivity contribution in [2.24, 2.45) is 0 Å². The Morgan fingerprint density at radius 2 is 2.00 bits per heavy atom. The highest BCUT2D eigenvalue weighted by Crippen LogP contribution is 2.26. The van der Waals surface area contributed by atoms with Crippen molar-refractivity contribution in [3.8, 4) is 5.75 Å². The van der Waals surface area contributed by atoms with Gasteiger partial charge < -0.3 is 9.84 Å². The third kappa shape index (κ3) is 3.43.